The number of hydrogen-bond donors (Lipinski definition) is 2. The summed E-state index contributed by atoms with van der Waals surface area (Å²) in [6, 6.07) is 15.4. The van der Waals surface area contributed by atoms with Crippen molar-refractivity contribution in [2.45, 2.75) is 0 Å². The number of nitriles is 2. The van der Waals surface area contributed by atoms with Gasteiger partial charge in [0, 0.05) is 6.08 Å². The highest BCUT2D eigenvalue weighted by atomic mass is 32.1. The molecular weight excluding hydrogens is 348 g/mol. The molecule has 124 valence electrons. The number of anilines is 1. The predicted molar refractivity (Wildman–Crippen MR) is 98.5 cm³/mol. The number of para-hydroxylation sites is 1. The van der Waals surface area contributed by atoms with Crippen LogP contribution < -0.4 is 5.73 Å². The van der Waals surface area contributed by atoms with Gasteiger partial charge in [-0.25, -0.2) is 4.98 Å². The van der Waals surface area contributed by atoms with E-state index < -0.39 is 0 Å². The minimum Gasteiger partial charge on any atom is -0.454 e. The second-order valence-electron chi connectivity index (χ2n) is 5.33. The van der Waals surface area contributed by atoms with Gasteiger partial charge in [-0.15, -0.1) is 11.3 Å². The Kier molecular flexibility index (Phi) is 3.73. The van der Waals surface area contributed by atoms with Crippen molar-refractivity contribution in [1.82, 2.24) is 15.2 Å². The first-order valence-corrected chi connectivity index (χ1v) is 8.33. The van der Waals surface area contributed by atoms with E-state index >= 15 is 0 Å². The molecule has 1 aromatic carbocycles. The number of allylic oxidation sites excluding steroid dienone is 1. The summed E-state index contributed by atoms with van der Waals surface area (Å²) in [6.45, 7) is 0. The topological polar surface area (TPSA) is 128 Å². The number of fused-ring (bicyclic) bond motifs is 1. The van der Waals surface area contributed by atoms with Crippen LogP contribution in [0.5, 0.6) is 0 Å². The molecule has 0 atom stereocenters. The zero-order valence-electron chi connectivity index (χ0n) is 13.2. The summed E-state index contributed by atoms with van der Waals surface area (Å²) in [5.41, 5.74) is 7.14. The molecule has 0 spiro atoms. The van der Waals surface area contributed by atoms with Crippen molar-refractivity contribution in [1.29, 1.82) is 10.5 Å². The minimum atomic E-state index is 0.0539. The number of rotatable bonds is 3. The SMILES string of the molecule is N#CC(=Cc1ccc(-c2nc3ccccc3s2)o1)c1[nH]nc(N)c1C#N. The molecule has 0 aliphatic rings. The van der Waals surface area contributed by atoms with Crippen molar-refractivity contribution < 1.29 is 4.42 Å². The molecular formula is C18H10N6OS. The molecule has 0 amide bonds. The van der Waals surface area contributed by atoms with Crippen LogP contribution in [0.2, 0.25) is 0 Å². The third kappa shape index (κ3) is 2.61. The molecule has 7 nitrogen and oxygen atoms in total. The van der Waals surface area contributed by atoms with Crippen LogP contribution in [-0.2, 0) is 0 Å². The molecule has 26 heavy (non-hydrogen) atoms. The lowest BCUT2D eigenvalue weighted by atomic mass is 10.1. The van der Waals surface area contributed by atoms with Gasteiger partial charge in [-0.2, -0.15) is 15.6 Å². The lowest BCUT2D eigenvalue weighted by Crippen LogP contribution is -1.89. The zero-order valence-corrected chi connectivity index (χ0v) is 14.0. The van der Waals surface area contributed by atoms with Crippen molar-refractivity contribution in [3.8, 4) is 22.9 Å². The molecule has 3 aromatic heterocycles. The Hall–Kier alpha value is -3.88. The Morgan fingerprint density at radius 2 is 2.08 bits per heavy atom. The fourth-order valence-electron chi connectivity index (χ4n) is 2.49. The molecule has 0 aliphatic carbocycles. The van der Waals surface area contributed by atoms with Crippen LogP contribution in [0.3, 0.4) is 0 Å². The Labute approximate surface area is 151 Å². The normalized spacial score (nSPS) is 11.4. The van der Waals surface area contributed by atoms with Crippen molar-refractivity contribution in [2.75, 3.05) is 5.73 Å². The fraction of sp³-hybridized carbons (Fsp3) is 0. The maximum atomic E-state index is 9.42. The van der Waals surface area contributed by atoms with Crippen LogP contribution in [0.1, 0.15) is 17.0 Å². The first kappa shape index (κ1) is 15.6. The van der Waals surface area contributed by atoms with Gasteiger partial charge in [0.2, 0.25) is 0 Å². The predicted octanol–water partition coefficient (Wildman–Crippen LogP) is 3.80. The summed E-state index contributed by atoms with van der Waals surface area (Å²) >= 11 is 1.53. The molecule has 3 N–H and O–H groups in total. The van der Waals surface area contributed by atoms with E-state index in [4.69, 9.17) is 15.4 Å². The van der Waals surface area contributed by atoms with Gasteiger partial charge in [0.15, 0.2) is 16.6 Å². The number of nitrogens with zero attached hydrogens (tertiary/aromatic N) is 4. The van der Waals surface area contributed by atoms with Crippen molar-refractivity contribution in [3.05, 3.63) is 53.4 Å². The number of aromatic nitrogens is 3. The average molecular weight is 358 g/mol. The van der Waals surface area contributed by atoms with E-state index in [1.165, 1.54) is 17.4 Å². The van der Waals surface area contributed by atoms with Gasteiger partial charge >= 0.3 is 0 Å². The minimum absolute atomic E-state index is 0.0539. The lowest BCUT2D eigenvalue weighted by Gasteiger charge is -1.94. The lowest BCUT2D eigenvalue weighted by molar-refractivity contribution is 0.571. The Morgan fingerprint density at radius 3 is 2.85 bits per heavy atom. The molecule has 0 unspecified atom stereocenters. The van der Waals surface area contributed by atoms with Crippen LogP contribution in [0.15, 0.2) is 40.8 Å². The Bertz CT molecular complexity index is 1200. The fourth-order valence-corrected chi connectivity index (χ4v) is 3.42. The quantitative estimate of drug-likeness (QED) is 0.536. The van der Waals surface area contributed by atoms with Crippen LogP contribution in [0.25, 0.3) is 32.6 Å². The number of nitrogens with two attached hydrogens (primary N) is 1. The summed E-state index contributed by atoms with van der Waals surface area (Å²) in [5, 5.41) is 25.7. The highest BCUT2D eigenvalue weighted by Gasteiger charge is 2.16. The van der Waals surface area contributed by atoms with Gasteiger partial charge in [0.05, 0.1) is 21.5 Å². The Morgan fingerprint density at radius 1 is 1.23 bits per heavy atom. The number of H-pyrrole nitrogens is 1. The monoisotopic (exact) mass is 358 g/mol. The van der Waals surface area contributed by atoms with Gasteiger partial charge < -0.3 is 10.2 Å². The second kappa shape index (κ2) is 6.20. The van der Waals surface area contributed by atoms with Crippen molar-refractivity contribution >= 4 is 39.0 Å². The highest BCUT2D eigenvalue weighted by Crippen LogP contribution is 2.32. The maximum Gasteiger partial charge on any atom is 0.163 e. The molecule has 4 aromatic rings. The second-order valence-corrected chi connectivity index (χ2v) is 6.36. The summed E-state index contributed by atoms with van der Waals surface area (Å²) in [6.07, 6.45) is 1.53. The van der Waals surface area contributed by atoms with E-state index in [9.17, 15) is 5.26 Å². The molecule has 0 saturated heterocycles. The first-order valence-electron chi connectivity index (χ1n) is 7.51. The number of thiazole rings is 1. The number of aromatic amines is 1. The number of hydrogen-bond acceptors (Lipinski definition) is 7. The van der Waals surface area contributed by atoms with E-state index in [2.05, 4.69) is 15.2 Å². The first-order chi connectivity index (χ1) is 12.7. The molecule has 3 heterocycles. The van der Waals surface area contributed by atoms with Gasteiger partial charge in [0.1, 0.15) is 23.5 Å². The smallest absolute Gasteiger partial charge is 0.163 e. The molecule has 0 saturated carbocycles. The van der Waals surface area contributed by atoms with E-state index in [0.717, 1.165) is 15.2 Å². The van der Waals surface area contributed by atoms with Crippen LogP contribution >= 0.6 is 11.3 Å². The van der Waals surface area contributed by atoms with Crippen molar-refractivity contribution in [2.24, 2.45) is 0 Å². The van der Waals surface area contributed by atoms with Gasteiger partial charge in [-0.1, -0.05) is 12.1 Å². The Balaban J connectivity index is 1.72. The van der Waals surface area contributed by atoms with Crippen LogP contribution in [-0.4, -0.2) is 15.2 Å². The summed E-state index contributed by atoms with van der Waals surface area (Å²) in [5.74, 6) is 1.13. The molecule has 0 fully saturated rings. The number of benzene rings is 1. The number of furan rings is 1. The van der Waals surface area contributed by atoms with Gasteiger partial charge in [-0.3, -0.25) is 5.10 Å². The molecule has 4 rings (SSSR count). The van der Waals surface area contributed by atoms with E-state index in [0.29, 0.717) is 11.5 Å². The van der Waals surface area contributed by atoms with E-state index in [1.54, 1.807) is 12.1 Å². The standard InChI is InChI=1S/C18H10N6OS/c19-8-10(16-12(9-20)17(21)24-23-16)7-11-5-6-14(25-11)18-22-13-3-1-2-4-15(13)26-18/h1-7H,(H3,21,23,24). The highest BCUT2D eigenvalue weighted by molar-refractivity contribution is 7.21. The van der Waals surface area contributed by atoms with Crippen molar-refractivity contribution in [3.63, 3.8) is 0 Å². The number of nitrogens with one attached hydrogen (secondary N) is 1. The van der Waals surface area contributed by atoms with Gasteiger partial charge in [0.25, 0.3) is 0 Å². The van der Waals surface area contributed by atoms with Crippen LogP contribution in [0.4, 0.5) is 5.82 Å². The van der Waals surface area contributed by atoms with Crippen LogP contribution in [0, 0.1) is 22.7 Å². The summed E-state index contributed by atoms with van der Waals surface area (Å²) in [7, 11) is 0. The molecule has 0 aliphatic heterocycles. The largest absolute Gasteiger partial charge is 0.454 e. The summed E-state index contributed by atoms with van der Waals surface area (Å²) in [4.78, 5) is 4.55. The third-order valence-corrected chi connectivity index (χ3v) is 4.76. The third-order valence-electron chi connectivity index (χ3n) is 3.71. The number of nitrogen functional groups attached to an aromatic ring is 1. The maximum absolute atomic E-state index is 9.42. The van der Waals surface area contributed by atoms with E-state index in [-0.39, 0.29) is 22.6 Å². The molecule has 0 radical (unpaired) electrons. The average Bonchev–Trinajstić information content (AvgIpc) is 3.37. The summed E-state index contributed by atoms with van der Waals surface area (Å²) < 4.78 is 6.88. The van der Waals surface area contributed by atoms with Gasteiger partial charge in [-0.05, 0) is 24.3 Å². The van der Waals surface area contributed by atoms with E-state index in [1.807, 2.05) is 36.4 Å². The molecule has 8 heteroatoms. The zero-order chi connectivity index (χ0) is 18.1. The molecule has 0 bridgehead atoms.